The average molecular weight is 433 g/mol. The minimum atomic E-state index is -0.0994. The fraction of sp³-hybridized carbons (Fsp3) is 0.269. The van der Waals surface area contributed by atoms with Crippen LogP contribution in [0.5, 0.6) is 5.75 Å². The third kappa shape index (κ3) is 3.35. The molecule has 4 nitrogen and oxygen atoms in total. The number of carbonyl (C=O) groups excluding carboxylic acids is 1. The predicted molar refractivity (Wildman–Crippen MR) is 127 cm³/mol. The number of hydrogen-bond acceptors (Lipinski definition) is 3. The Labute approximate surface area is 186 Å². The Hall–Kier alpha value is -2.98. The molecule has 1 heterocycles. The van der Waals surface area contributed by atoms with Crippen LogP contribution in [0.2, 0.25) is 5.02 Å². The van der Waals surface area contributed by atoms with E-state index in [0.717, 1.165) is 46.1 Å². The van der Waals surface area contributed by atoms with Gasteiger partial charge in [-0.2, -0.15) is 0 Å². The second-order valence-corrected chi connectivity index (χ2v) is 8.78. The van der Waals surface area contributed by atoms with E-state index in [9.17, 15) is 9.90 Å². The normalized spacial score (nSPS) is 21.4. The molecule has 31 heavy (non-hydrogen) atoms. The van der Waals surface area contributed by atoms with Crippen LogP contribution in [0.4, 0.5) is 11.4 Å². The van der Waals surface area contributed by atoms with Crippen LogP contribution >= 0.6 is 11.6 Å². The van der Waals surface area contributed by atoms with Gasteiger partial charge in [0.25, 0.3) is 0 Å². The number of amides is 1. The molecule has 1 aliphatic heterocycles. The lowest BCUT2D eigenvalue weighted by Crippen LogP contribution is -2.30. The van der Waals surface area contributed by atoms with Gasteiger partial charge in [0.05, 0.1) is 16.8 Å². The molecule has 0 fully saturated rings. The topological polar surface area (TPSA) is 61.4 Å². The van der Waals surface area contributed by atoms with Crippen molar-refractivity contribution in [2.45, 2.75) is 38.1 Å². The van der Waals surface area contributed by atoms with E-state index in [-0.39, 0.29) is 29.5 Å². The van der Waals surface area contributed by atoms with Gasteiger partial charge in [-0.15, -0.1) is 0 Å². The predicted octanol–water partition coefficient (Wildman–Crippen LogP) is 6.76. The summed E-state index contributed by atoms with van der Waals surface area (Å²) in [5.41, 5.74) is 3.58. The zero-order valence-corrected chi connectivity index (χ0v) is 18.1. The van der Waals surface area contributed by atoms with Crippen LogP contribution in [0, 0.1) is 5.92 Å². The van der Waals surface area contributed by atoms with E-state index >= 15 is 0 Å². The molecule has 0 spiro atoms. The van der Waals surface area contributed by atoms with E-state index in [1.165, 1.54) is 0 Å². The number of halogens is 1. The molecule has 0 aromatic heterocycles. The molecular formula is C26H25ClN2O2. The highest BCUT2D eigenvalue weighted by atomic mass is 35.5. The minimum absolute atomic E-state index is 0.0133. The van der Waals surface area contributed by atoms with Crippen molar-refractivity contribution in [1.82, 2.24) is 0 Å². The smallest absolute Gasteiger partial charge is 0.224 e. The van der Waals surface area contributed by atoms with Gasteiger partial charge in [0.15, 0.2) is 0 Å². The number of hydrogen-bond donors (Lipinski definition) is 3. The van der Waals surface area contributed by atoms with Gasteiger partial charge in [0, 0.05) is 29.2 Å². The Morgan fingerprint density at radius 2 is 2.00 bits per heavy atom. The van der Waals surface area contributed by atoms with Gasteiger partial charge in [-0.05, 0) is 47.7 Å². The van der Waals surface area contributed by atoms with E-state index in [1.807, 2.05) is 37.3 Å². The highest BCUT2D eigenvalue weighted by Gasteiger charge is 2.41. The number of anilines is 2. The van der Waals surface area contributed by atoms with E-state index in [2.05, 4.69) is 34.9 Å². The van der Waals surface area contributed by atoms with Crippen LogP contribution in [-0.2, 0) is 4.79 Å². The molecule has 0 saturated carbocycles. The van der Waals surface area contributed by atoms with Crippen LogP contribution < -0.4 is 10.6 Å². The van der Waals surface area contributed by atoms with Gasteiger partial charge >= 0.3 is 0 Å². The Balaban J connectivity index is 1.65. The molecule has 3 aromatic carbocycles. The molecule has 3 N–H and O–H groups in total. The molecule has 5 heteroatoms. The van der Waals surface area contributed by atoms with Crippen LogP contribution in [0.3, 0.4) is 0 Å². The summed E-state index contributed by atoms with van der Waals surface area (Å²) in [6.45, 7) is 2.00. The molecule has 5 rings (SSSR count). The maximum atomic E-state index is 12.3. The van der Waals surface area contributed by atoms with E-state index in [0.29, 0.717) is 11.4 Å². The van der Waals surface area contributed by atoms with Gasteiger partial charge in [-0.1, -0.05) is 61.0 Å². The lowest BCUT2D eigenvalue weighted by Gasteiger charge is -2.39. The number of allylic oxidation sites excluding steroid dienone is 2. The molecule has 0 bridgehead atoms. The molecular weight excluding hydrogens is 408 g/mol. The lowest BCUT2D eigenvalue weighted by molar-refractivity contribution is -0.116. The largest absolute Gasteiger partial charge is 0.508 e. The van der Waals surface area contributed by atoms with Gasteiger partial charge < -0.3 is 15.7 Å². The summed E-state index contributed by atoms with van der Waals surface area (Å²) in [4.78, 5) is 12.3. The molecule has 3 unspecified atom stereocenters. The second kappa shape index (κ2) is 7.93. The summed E-state index contributed by atoms with van der Waals surface area (Å²) in [5, 5.41) is 20.4. The fourth-order valence-electron chi connectivity index (χ4n) is 5.12. The lowest BCUT2D eigenvalue weighted by atomic mass is 9.75. The first-order valence-electron chi connectivity index (χ1n) is 10.8. The van der Waals surface area contributed by atoms with Crippen LogP contribution in [0.15, 0.2) is 60.7 Å². The molecule has 0 saturated heterocycles. The van der Waals surface area contributed by atoms with Gasteiger partial charge in [-0.25, -0.2) is 0 Å². The zero-order chi connectivity index (χ0) is 21.5. The van der Waals surface area contributed by atoms with Crippen molar-refractivity contribution in [2.75, 3.05) is 10.6 Å². The third-order valence-corrected chi connectivity index (χ3v) is 6.79. The highest BCUT2D eigenvalue weighted by molar-refractivity contribution is 6.33. The van der Waals surface area contributed by atoms with Crippen molar-refractivity contribution in [3.63, 3.8) is 0 Å². The van der Waals surface area contributed by atoms with Gasteiger partial charge in [0.1, 0.15) is 5.75 Å². The number of fused-ring (bicyclic) bond motifs is 4. The Morgan fingerprint density at radius 1 is 1.16 bits per heavy atom. The number of phenols is 1. The second-order valence-electron chi connectivity index (χ2n) is 8.38. The summed E-state index contributed by atoms with van der Waals surface area (Å²) < 4.78 is 0. The van der Waals surface area contributed by atoms with E-state index in [1.54, 1.807) is 6.07 Å². The zero-order valence-electron chi connectivity index (χ0n) is 17.4. The number of nitrogens with one attached hydrogen (secondary N) is 2. The van der Waals surface area contributed by atoms with Crippen molar-refractivity contribution in [2.24, 2.45) is 5.92 Å². The van der Waals surface area contributed by atoms with Crippen LogP contribution in [0.1, 0.15) is 49.3 Å². The van der Waals surface area contributed by atoms with Crippen molar-refractivity contribution < 1.29 is 9.90 Å². The van der Waals surface area contributed by atoms with Crippen LogP contribution in [-0.4, -0.2) is 11.0 Å². The first-order chi connectivity index (χ1) is 15.1. The fourth-order valence-corrected chi connectivity index (χ4v) is 5.34. The summed E-state index contributed by atoms with van der Waals surface area (Å²) >= 11 is 6.65. The monoisotopic (exact) mass is 432 g/mol. The first kappa shape index (κ1) is 20.0. The standard InChI is InChI=1S/C26H25ClN2O2/c1-2-6-22(31)28-20-13-12-19(27)26-23(20)17-9-5-10-18(17)25(29-26)24-16-8-4-3-7-15(16)11-14-21(24)30/h3-5,7-9,11-14,17-18,25,29-30H,2,6,10H2,1H3,(H,28,31). The number of rotatable bonds is 4. The molecule has 3 aromatic rings. The summed E-state index contributed by atoms with van der Waals surface area (Å²) in [5.74, 6) is 0.618. The van der Waals surface area contributed by atoms with Crippen molar-refractivity contribution in [1.29, 1.82) is 0 Å². The Morgan fingerprint density at radius 3 is 2.84 bits per heavy atom. The van der Waals surface area contributed by atoms with Gasteiger partial charge in [0.2, 0.25) is 5.91 Å². The molecule has 3 atom stereocenters. The Bertz CT molecular complexity index is 1200. The molecule has 1 amide bonds. The van der Waals surface area contributed by atoms with Crippen molar-refractivity contribution in [3.8, 4) is 5.75 Å². The number of benzene rings is 3. The van der Waals surface area contributed by atoms with Crippen molar-refractivity contribution >= 4 is 39.7 Å². The third-order valence-electron chi connectivity index (χ3n) is 6.48. The quantitative estimate of drug-likeness (QED) is 0.399. The highest BCUT2D eigenvalue weighted by Crippen LogP contribution is 2.55. The molecule has 2 aliphatic rings. The Kier molecular flexibility index (Phi) is 5.11. The minimum Gasteiger partial charge on any atom is -0.508 e. The average Bonchev–Trinajstić information content (AvgIpc) is 3.25. The first-order valence-corrected chi connectivity index (χ1v) is 11.2. The number of carbonyl (C=O) groups is 1. The SMILES string of the molecule is CCCC(=O)Nc1ccc(Cl)c2c1C1C=CCC1C(c1c(O)ccc3ccccc13)N2. The molecule has 158 valence electrons. The molecule has 0 radical (unpaired) electrons. The summed E-state index contributed by atoms with van der Waals surface area (Å²) in [6.07, 6.45) is 6.58. The molecule has 1 aliphatic carbocycles. The number of aromatic hydroxyl groups is 1. The number of phenolic OH excluding ortho intramolecular Hbond substituents is 1. The summed E-state index contributed by atoms with van der Waals surface area (Å²) in [7, 11) is 0. The van der Waals surface area contributed by atoms with E-state index in [4.69, 9.17) is 11.6 Å². The van der Waals surface area contributed by atoms with Crippen molar-refractivity contribution in [3.05, 3.63) is 76.8 Å². The van der Waals surface area contributed by atoms with Crippen LogP contribution in [0.25, 0.3) is 10.8 Å². The summed E-state index contributed by atoms with van der Waals surface area (Å²) in [6, 6.07) is 15.5. The van der Waals surface area contributed by atoms with Gasteiger partial charge in [-0.3, -0.25) is 4.79 Å². The maximum absolute atomic E-state index is 12.3. The maximum Gasteiger partial charge on any atom is 0.224 e. The van der Waals surface area contributed by atoms with E-state index < -0.39 is 0 Å².